The molecule has 0 spiro atoms. The van der Waals surface area contributed by atoms with Crippen molar-refractivity contribution < 1.29 is 18.1 Å². The van der Waals surface area contributed by atoms with Gasteiger partial charge in [0.05, 0.1) is 10.5 Å². The van der Waals surface area contributed by atoms with Crippen LogP contribution in [0.15, 0.2) is 36.7 Å². The largest absolute Gasteiger partial charge is 0.416 e. The van der Waals surface area contributed by atoms with Crippen LogP contribution in [0.3, 0.4) is 0 Å². The molecule has 0 amide bonds. The van der Waals surface area contributed by atoms with Gasteiger partial charge in [-0.15, -0.1) is 0 Å². The highest BCUT2D eigenvalue weighted by atomic mass is 19.4. The van der Waals surface area contributed by atoms with Gasteiger partial charge in [0.2, 0.25) is 5.95 Å². The lowest BCUT2D eigenvalue weighted by molar-refractivity contribution is -0.385. The van der Waals surface area contributed by atoms with Crippen LogP contribution in [-0.4, -0.2) is 20.9 Å². The molecule has 1 fully saturated rings. The molecule has 0 unspecified atom stereocenters. The van der Waals surface area contributed by atoms with E-state index >= 15 is 0 Å². The average molecular weight is 338 g/mol. The number of nitrogens with zero attached hydrogens (tertiary/aromatic N) is 4. The Morgan fingerprint density at radius 3 is 2.21 bits per heavy atom. The minimum Gasteiger partial charge on any atom is -0.334 e. The number of benzene rings is 1. The van der Waals surface area contributed by atoms with Gasteiger partial charge in [-0.2, -0.15) is 13.2 Å². The average Bonchev–Trinajstić information content (AvgIpc) is 3.37. The summed E-state index contributed by atoms with van der Waals surface area (Å²) in [5.41, 5.74) is -0.211. The summed E-state index contributed by atoms with van der Waals surface area (Å²) in [5, 5.41) is 10.7. The summed E-state index contributed by atoms with van der Waals surface area (Å²) in [7, 11) is 0. The summed E-state index contributed by atoms with van der Waals surface area (Å²) in [5.74, 6) is 0.336. The summed E-state index contributed by atoms with van der Waals surface area (Å²) in [4.78, 5) is 19.9. The van der Waals surface area contributed by atoms with Gasteiger partial charge in [-0.1, -0.05) is 12.1 Å². The first-order valence-corrected chi connectivity index (χ1v) is 7.24. The molecule has 24 heavy (non-hydrogen) atoms. The topological polar surface area (TPSA) is 72.2 Å². The van der Waals surface area contributed by atoms with Gasteiger partial charge in [0.25, 0.3) is 0 Å². The molecule has 126 valence electrons. The number of hydrogen-bond donors (Lipinski definition) is 0. The van der Waals surface area contributed by atoms with Crippen LogP contribution in [0.1, 0.15) is 24.0 Å². The minimum atomic E-state index is -4.36. The summed E-state index contributed by atoms with van der Waals surface area (Å²) in [6, 6.07) is 5.12. The van der Waals surface area contributed by atoms with Crippen LogP contribution >= 0.6 is 0 Å². The van der Waals surface area contributed by atoms with Crippen LogP contribution in [0.2, 0.25) is 0 Å². The highest BCUT2D eigenvalue weighted by Gasteiger charge is 2.32. The SMILES string of the molecule is O=[N+]([O-])c1cnc(N(Cc2ccc(C(F)(F)F)cc2)C2CC2)nc1. The molecule has 0 bridgehead atoms. The Morgan fingerprint density at radius 2 is 1.75 bits per heavy atom. The van der Waals surface area contributed by atoms with Crippen molar-refractivity contribution in [3.8, 4) is 0 Å². The van der Waals surface area contributed by atoms with Crippen molar-refractivity contribution in [2.24, 2.45) is 0 Å². The molecular weight excluding hydrogens is 325 g/mol. The highest BCUT2D eigenvalue weighted by Crippen LogP contribution is 2.33. The van der Waals surface area contributed by atoms with E-state index in [1.54, 1.807) is 0 Å². The van der Waals surface area contributed by atoms with Crippen LogP contribution in [0, 0.1) is 10.1 Å². The van der Waals surface area contributed by atoms with Gasteiger partial charge >= 0.3 is 11.9 Å². The standard InChI is InChI=1S/C15H13F3N4O2/c16-15(17,18)11-3-1-10(2-4-11)9-21(12-5-6-12)14-19-7-13(8-20-14)22(23)24/h1-4,7-8,12H,5-6,9H2. The minimum absolute atomic E-state index is 0.203. The molecule has 1 heterocycles. The Bertz CT molecular complexity index is 728. The Kier molecular flexibility index (Phi) is 4.08. The predicted molar refractivity (Wildman–Crippen MR) is 79.3 cm³/mol. The zero-order chi connectivity index (χ0) is 17.3. The number of rotatable bonds is 5. The summed E-state index contributed by atoms with van der Waals surface area (Å²) < 4.78 is 37.8. The molecule has 1 aromatic heterocycles. The lowest BCUT2D eigenvalue weighted by atomic mass is 10.1. The van der Waals surface area contributed by atoms with E-state index in [0.717, 1.165) is 37.4 Å². The zero-order valence-electron chi connectivity index (χ0n) is 12.4. The summed E-state index contributed by atoms with van der Waals surface area (Å²) in [6.07, 6.45) is -0.243. The van der Waals surface area contributed by atoms with Crippen molar-refractivity contribution in [3.05, 3.63) is 57.9 Å². The van der Waals surface area contributed by atoms with Crippen LogP contribution in [-0.2, 0) is 12.7 Å². The second kappa shape index (κ2) is 6.06. The van der Waals surface area contributed by atoms with E-state index in [-0.39, 0.29) is 11.7 Å². The van der Waals surface area contributed by atoms with Crippen molar-refractivity contribution in [3.63, 3.8) is 0 Å². The molecule has 6 nitrogen and oxygen atoms in total. The first-order chi connectivity index (χ1) is 11.3. The van der Waals surface area contributed by atoms with Gasteiger partial charge in [0.15, 0.2) is 0 Å². The van der Waals surface area contributed by atoms with E-state index in [0.29, 0.717) is 18.1 Å². The van der Waals surface area contributed by atoms with Gasteiger partial charge < -0.3 is 4.90 Å². The van der Waals surface area contributed by atoms with Crippen LogP contribution in [0.25, 0.3) is 0 Å². The monoisotopic (exact) mass is 338 g/mol. The third-order valence-electron chi connectivity index (χ3n) is 3.71. The Balaban J connectivity index is 1.78. The van der Waals surface area contributed by atoms with Crippen molar-refractivity contribution in [1.82, 2.24) is 9.97 Å². The normalized spacial score (nSPS) is 14.5. The number of aromatic nitrogens is 2. The fourth-order valence-corrected chi connectivity index (χ4v) is 2.30. The highest BCUT2D eigenvalue weighted by molar-refractivity contribution is 5.39. The molecule has 0 N–H and O–H groups in total. The quantitative estimate of drug-likeness (QED) is 0.615. The first kappa shape index (κ1) is 16.2. The second-order valence-electron chi connectivity index (χ2n) is 5.55. The van der Waals surface area contributed by atoms with Crippen molar-refractivity contribution >= 4 is 11.6 Å². The van der Waals surface area contributed by atoms with E-state index in [2.05, 4.69) is 9.97 Å². The molecule has 0 atom stereocenters. The van der Waals surface area contributed by atoms with Crippen LogP contribution in [0.5, 0.6) is 0 Å². The van der Waals surface area contributed by atoms with Gasteiger partial charge in [-0.05, 0) is 30.5 Å². The lowest BCUT2D eigenvalue weighted by Gasteiger charge is -2.22. The maximum absolute atomic E-state index is 12.6. The molecule has 0 radical (unpaired) electrons. The molecule has 0 aliphatic heterocycles. The maximum atomic E-state index is 12.6. The lowest BCUT2D eigenvalue weighted by Crippen LogP contribution is -2.27. The Hall–Kier alpha value is -2.71. The fourth-order valence-electron chi connectivity index (χ4n) is 2.30. The van der Waals surface area contributed by atoms with Gasteiger partial charge in [0.1, 0.15) is 12.4 Å². The zero-order valence-corrected chi connectivity index (χ0v) is 12.4. The maximum Gasteiger partial charge on any atom is 0.416 e. The van der Waals surface area contributed by atoms with Crippen LogP contribution in [0.4, 0.5) is 24.8 Å². The molecule has 1 aromatic carbocycles. The molecule has 2 aromatic rings. The van der Waals surface area contributed by atoms with E-state index < -0.39 is 16.7 Å². The Labute approximate surface area is 135 Å². The molecule has 1 saturated carbocycles. The molecule has 1 aliphatic rings. The van der Waals surface area contributed by atoms with Gasteiger partial charge in [-0.3, -0.25) is 10.1 Å². The molecule has 9 heteroatoms. The molecular formula is C15H13F3N4O2. The van der Waals surface area contributed by atoms with E-state index in [1.807, 2.05) is 4.90 Å². The Morgan fingerprint density at radius 1 is 1.17 bits per heavy atom. The summed E-state index contributed by atoms with van der Waals surface area (Å²) >= 11 is 0. The van der Waals surface area contributed by atoms with E-state index in [1.165, 1.54) is 12.1 Å². The predicted octanol–water partition coefficient (Wildman–Crippen LogP) is 3.57. The molecule has 1 aliphatic carbocycles. The molecule has 3 rings (SSSR count). The first-order valence-electron chi connectivity index (χ1n) is 7.24. The molecule has 0 saturated heterocycles. The number of anilines is 1. The van der Waals surface area contributed by atoms with E-state index in [4.69, 9.17) is 0 Å². The number of nitro groups is 1. The van der Waals surface area contributed by atoms with Crippen molar-refractivity contribution in [1.29, 1.82) is 0 Å². The van der Waals surface area contributed by atoms with Crippen molar-refractivity contribution in [2.75, 3.05) is 4.90 Å². The van der Waals surface area contributed by atoms with Crippen molar-refractivity contribution in [2.45, 2.75) is 31.6 Å². The number of hydrogen-bond acceptors (Lipinski definition) is 5. The third kappa shape index (κ3) is 3.61. The second-order valence-corrected chi connectivity index (χ2v) is 5.55. The fraction of sp³-hybridized carbons (Fsp3) is 0.333. The number of alkyl halides is 3. The number of halogens is 3. The van der Waals surface area contributed by atoms with Gasteiger partial charge in [-0.25, -0.2) is 9.97 Å². The van der Waals surface area contributed by atoms with E-state index in [9.17, 15) is 23.3 Å². The summed E-state index contributed by atoms with van der Waals surface area (Å²) in [6.45, 7) is 0.348. The third-order valence-corrected chi connectivity index (χ3v) is 3.71. The smallest absolute Gasteiger partial charge is 0.334 e. The van der Waals surface area contributed by atoms with Gasteiger partial charge in [0, 0.05) is 12.6 Å². The van der Waals surface area contributed by atoms with Crippen LogP contribution < -0.4 is 4.90 Å².